The third kappa shape index (κ3) is 3.69. The predicted molar refractivity (Wildman–Crippen MR) is 113 cm³/mol. The Labute approximate surface area is 169 Å². The van der Waals surface area contributed by atoms with Gasteiger partial charge in [0.15, 0.2) is 5.65 Å². The fourth-order valence-electron chi connectivity index (χ4n) is 4.45. The van der Waals surface area contributed by atoms with Crippen molar-refractivity contribution in [3.63, 3.8) is 0 Å². The van der Waals surface area contributed by atoms with E-state index in [0.29, 0.717) is 6.04 Å². The lowest BCUT2D eigenvalue weighted by Crippen LogP contribution is -2.53. The second kappa shape index (κ2) is 7.13. The maximum absolute atomic E-state index is 12.6. The molecule has 1 saturated heterocycles. The van der Waals surface area contributed by atoms with Crippen LogP contribution in [-0.4, -0.2) is 42.8 Å². The summed E-state index contributed by atoms with van der Waals surface area (Å²) in [6.45, 7) is 8.08. The van der Waals surface area contributed by atoms with E-state index in [9.17, 15) is 4.55 Å². The highest BCUT2D eigenvalue weighted by Gasteiger charge is 2.47. The van der Waals surface area contributed by atoms with Crippen LogP contribution in [0.5, 0.6) is 0 Å². The van der Waals surface area contributed by atoms with Crippen LogP contribution in [0.3, 0.4) is 0 Å². The van der Waals surface area contributed by atoms with E-state index in [1.54, 1.807) is 12.5 Å². The highest BCUT2D eigenvalue weighted by Crippen LogP contribution is 2.47. The minimum absolute atomic E-state index is 0.223. The molecule has 8 heteroatoms. The Morgan fingerprint density at radius 2 is 2.04 bits per heavy atom. The summed E-state index contributed by atoms with van der Waals surface area (Å²) in [6.07, 6.45) is 11.4. The van der Waals surface area contributed by atoms with E-state index in [1.165, 1.54) is 12.8 Å². The zero-order chi connectivity index (χ0) is 19.2. The molecule has 2 fully saturated rings. The molecule has 4 rings (SSSR count). The number of nitrogens with one attached hydrogen (secondary N) is 1. The molecule has 1 spiro atoms. The molecule has 2 atom stereocenters. The van der Waals surface area contributed by atoms with Crippen molar-refractivity contribution in [2.45, 2.75) is 68.6 Å². The van der Waals surface area contributed by atoms with Crippen LogP contribution in [0.2, 0.25) is 0 Å². The van der Waals surface area contributed by atoms with Gasteiger partial charge in [0.25, 0.3) is 0 Å². The van der Waals surface area contributed by atoms with Crippen molar-refractivity contribution in [2.75, 3.05) is 18.0 Å². The number of hydrogen-bond acceptors (Lipinski definition) is 6. The molecule has 6 nitrogen and oxygen atoms in total. The third-order valence-electron chi connectivity index (χ3n) is 6.13. The van der Waals surface area contributed by atoms with Crippen LogP contribution >= 0.6 is 12.6 Å². The molecule has 148 valence electrons. The van der Waals surface area contributed by atoms with Crippen LogP contribution < -0.4 is 9.62 Å². The van der Waals surface area contributed by atoms with Crippen molar-refractivity contribution in [1.82, 2.24) is 19.1 Å². The second-order valence-corrected chi connectivity index (χ2v) is 11.4. The number of fused-ring (bicyclic) bond motifs is 1. The molecule has 27 heavy (non-hydrogen) atoms. The fourth-order valence-corrected chi connectivity index (χ4v) is 5.66. The van der Waals surface area contributed by atoms with E-state index in [4.69, 9.17) is 4.98 Å². The minimum Gasteiger partial charge on any atom is -0.598 e. The third-order valence-corrected chi connectivity index (χ3v) is 8.06. The summed E-state index contributed by atoms with van der Waals surface area (Å²) >= 11 is 3.45. The van der Waals surface area contributed by atoms with E-state index >= 15 is 0 Å². The Balaban J connectivity index is 1.46. The maximum Gasteiger partial charge on any atom is 0.155 e. The number of anilines is 1. The van der Waals surface area contributed by atoms with E-state index < -0.39 is 11.4 Å². The molecule has 1 N–H and O–H groups in total. The van der Waals surface area contributed by atoms with Crippen molar-refractivity contribution in [3.8, 4) is 0 Å². The van der Waals surface area contributed by atoms with Gasteiger partial charge in [0.2, 0.25) is 0 Å². The minimum atomic E-state index is -1.01. The summed E-state index contributed by atoms with van der Waals surface area (Å²) in [7, 11) is 0. The van der Waals surface area contributed by atoms with Crippen LogP contribution in [0.15, 0.2) is 23.6 Å². The Kier molecular flexibility index (Phi) is 5.12. The highest BCUT2D eigenvalue weighted by atomic mass is 32.2. The number of nitrogens with zero attached hydrogens (tertiary/aromatic N) is 4. The summed E-state index contributed by atoms with van der Waals surface area (Å²) in [5.41, 5.74) is 1.12. The lowest BCUT2D eigenvalue weighted by molar-refractivity contribution is 0.186. The Bertz CT molecular complexity index is 810. The molecule has 0 unspecified atom stereocenters. The zero-order valence-electron chi connectivity index (χ0n) is 16.3. The first-order valence-corrected chi connectivity index (χ1v) is 11.3. The van der Waals surface area contributed by atoms with Gasteiger partial charge in [0, 0.05) is 30.6 Å². The second-order valence-electron chi connectivity index (χ2n) is 8.90. The molecule has 2 aromatic heterocycles. The first kappa shape index (κ1) is 19.4. The summed E-state index contributed by atoms with van der Waals surface area (Å²) in [4.78, 5) is 12.1. The highest BCUT2D eigenvalue weighted by molar-refractivity contribution is 7.90. The molecule has 2 aromatic rings. The van der Waals surface area contributed by atoms with Gasteiger partial charge in [-0.3, -0.25) is 4.40 Å². The number of imidazole rings is 1. The summed E-state index contributed by atoms with van der Waals surface area (Å²) < 4.78 is 17.8. The standard InChI is InChI=1S/C19H29N5OS2/c1-18(2,3)27(25)22-15-5-4-6-19(15)7-9-23(10-8-19)16-12-24-13-20-11-14(26)17(24)21-16/h11-13,15,22,26H,4-10H2,1-3H3/t15-,27-/m1/s1. The Hall–Kier alpha value is -0.960. The average molecular weight is 408 g/mol. The van der Waals surface area contributed by atoms with Gasteiger partial charge in [-0.15, -0.1) is 17.4 Å². The molecule has 0 bridgehead atoms. The van der Waals surface area contributed by atoms with E-state index in [-0.39, 0.29) is 10.2 Å². The van der Waals surface area contributed by atoms with E-state index in [2.05, 4.69) is 27.2 Å². The smallest absolute Gasteiger partial charge is 0.155 e. The number of piperidine rings is 1. The Morgan fingerprint density at radius 3 is 2.70 bits per heavy atom. The monoisotopic (exact) mass is 407 g/mol. The van der Waals surface area contributed by atoms with Crippen molar-refractivity contribution < 1.29 is 4.55 Å². The lowest BCUT2D eigenvalue weighted by atomic mass is 9.74. The van der Waals surface area contributed by atoms with Gasteiger partial charge in [-0.25, -0.2) is 9.97 Å². The Morgan fingerprint density at radius 1 is 1.30 bits per heavy atom. The molecule has 3 heterocycles. The van der Waals surface area contributed by atoms with Crippen LogP contribution in [-0.2, 0) is 11.4 Å². The summed E-state index contributed by atoms with van der Waals surface area (Å²) in [6, 6.07) is 0.356. The van der Waals surface area contributed by atoms with Crippen LogP contribution in [0.1, 0.15) is 52.9 Å². The van der Waals surface area contributed by atoms with Gasteiger partial charge >= 0.3 is 0 Å². The van der Waals surface area contributed by atoms with Gasteiger partial charge in [-0.2, -0.15) is 0 Å². The number of hydrogen-bond donors (Lipinski definition) is 2. The predicted octanol–water partition coefficient (Wildman–Crippen LogP) is 3.21. The van der Waals surface area contributed by atoms with E-state index in [1.807, 2.05) is 31.4 Å². The topological polar surface area (TPSA) is 68.5 Å². The lowest BCUT2D eigenvalue weighted by Gasteiger charge is -2.43. The quantitative estimate of drug-likeness (QED) is 0.604. The molecule has 1 aliphatic heterocycles. The van der Waals surface area contributed by atoms with Gasteiger partial charge < -0.3 is 9.45 Å². The van der Waals surface area contributed by atoms with Gasteiger partial charge in [0.05, 0.1) is 17.1 Å². The zero-order valence-corrected chi connectivity index (χ0v) is 18.0. The molecule has 1 aliphatic carbocycles. The number of aromatic nitrogens is 3. The van der Waals surface area contributed by atoms with Crippen LogP contribution in [0, 0.1) is 5.41 Å². The molecule has 1 saturated carbocycles. The van der Waals surface area contributed by atoms with Crippen molar-refractivity contribution in [2.24, 2.45) is 5.41 Å². The van der Waals surface area contributed by atoms with Crippen molar-refractivity contribution in [1.29, 1.82) is 0 Å². The first-order chi connectivity index (χ1) is 12.8. The molecule has 0 amide bonds. The van der Waals surface area contributed by atoms with Crippen LogP contribution in [0.25, 0.3) is 5.65 Å². The molecular formula is C19H29N5OS2. The van der Waals surface area contributed by atoms with E-state index in [0.717, 1.165) is 48.7 Å². The largest absolute Gasteiger partial charge is 0.598 e. The van der Waals surface area contributed by atoms with Gasteiger partial charge in [-0.1, -0.05) is 6.42 Å². The summed E-state index contributed by atoms with van der Waals surface area (Å²) in [5.74, 6) is 0.994. The molecule has 0 aromatic carbocycles. The van der Waals surface area contributed by atoms with Crippen molar-refractivity contribution >= 4 is 35.5 Å². The number of thiol groups is 1. The van der Waals surface area contributed by atoms with Gasteiger partial charge in [0.1, 0.15) is 16.9 Å². The van der Waals surface area contributed by atoms with Crippen molar-refractivity contribution in [3.05, 3.63) is 18.7 Å². The maximum atomic E-state index is 12.6. The molecule has 0 radical (unpaired) electrons. The average Bonchev–Trinajstić information content (AvgIpc) is 3.21. The summed E-state index contributed by atoms with van der Waals surface area (Å²) in [5, 5.41) is 0. The van der Waals surface area contributed by atoms with Gasteiger partial charge in [-0.05, 0) is 51.9 Å². The SMILES string of the molecule is CC(C)(C)[S@@+]([O-])N[C@@H]1CCCC12CCN(c1cn3cncc(S)c3n1)CC2. The normalized spacial score (nSPS) is 24.0. The molecular weight excluding hydrogens is 378 g/mol. The molecule has 2 aliphatic rings. The number of rotatable bonds is 3. The fraction of sp³-hybridized carbons (Fsp3) is 0.684. The van der Waals surface area contributed by atoms with Crippen LogP contribution in [0.4, 0.5) is 5.82 Å². The first-order valence-electron chi connectivity index (χ1n) is 9.73.